The maximum absolute atomic E-state index is 13.0. The Bertz CT molecular complexity index is 711. The van der Waals surface area contributed by atoms with E-state index in [1.165, 1.54) is 23.8 Å². The first-order valence-electron chi connectivity index (χ1n) is 8.14. The number of hydrogen-bond acceptors (Lipinski definition) is 2. The van der Waals surface area contributed by atoms with Gasteiger partial charge in [-0.15, -0.1) is 0 Å². The number of halogens is 3. The highest BCUT2D eigenvalue weighted by Crippen LogP contribution is 2.34. The van der Waals surface area contributed by atoms with E-state index in [1.807, 2.05) is 24.3 Å². The molecule has 6 heteroatoms. The largest absolute Gasteiger partial charge is 0.418 e. The third-order valence-electron chi connectivity index (χ3n) is 3.76. The lowest BCUT2D eigenvalue weighted by Crippen LogP contribution is -2.32. The Labute approximate surface area is 145 Å². The van der Waals surface area contributed by atoms with Gasteiger partial charge in [0.15, 0.2) is 0 Å². The molecule has 3 nitrogen and oxygen atoms in total. The van der Waals surface area contributed by atoms with E-state index in [0.717, 1.165) is 24.6 Å². The van der Waals surface area contributed by atoms with Crippen molar-refractivity contribution in [3.8, 4) is 0 Å². The van der Waals surface area contributed by atoms with Gasteiger partial charge in [0.05, 0.1) is 11.3 Å². The van der Waals surface area contributed by atoms with Crippen molar-refractivity contribution in [3.63, 3.8) is 0 Å². The van der Waals surface area contributed by atoms with Gasteiger partial charge in [-0.05, 0) is 43.2 Å². The van der Waals surface area contributed by atoms with Gasteiger partial charge in [0.1, 0.15) is 6.04 Å². The lowest BCUT2D eigenvalue weighted by molar-refractivity contribution is -0.137. The molecule has 0 heterocycles. The molecule has 0 aromatic heterocycles. The second kappa shape index (κ2) is 8.05. The molecule has 0 spiro atoms. The lowest BCUT2D eigenvalue weighted by Gasteiger charge is -2.18. The van der Waals surface area contributed by atoms with Gasteiger partial charge in [0, 0.05) is 5.69 Å². The molecule has 25 heavy (non-hydrogen) atoms. The zero-order chi connectivity index (χ0) is 18.4. The van der Waals surface area contributed by atoms with Gasteiger partial charge < -0.3 is 10.6 Å². The number of hydrogen-bond donors (Lipinski definition) is 2. The summed E-state index contributed by atoms with van der Waals surface area (Å²) in [6.45, 7) is 3.70. The van der Waals surface area contributed by atoms with Crippen molar-refractivity contribution < 1.29 is 18.0 Å². The zero-order valence-electron chi connectivity index (χ0n) is 14.2. The van der Waals surface area contributed by atoms with Crippen molar-refractivity contribution in [1.29, 1.82) is 0 Å². The highest BCUT2D eigenvalue weighted by atomic mass is 19.4. The second-order valence-electron chi connectivity index (χ2n) is 5.85. The summed E-state index contributed by atoms with van der Waals surface area (Å²) in [4.78, 5) is 12.2. The van der Waals surface area contributed by atoms with E-state index in [9.17, 15) is 18.0 Å². The van der Waals surface area contributed by atoms with Crippen molar-refractivity contribution in [2.75, 3.05) is 10.6 Å². The monoisotopic (exact) mass is 350 g/mol. The molecule has 2 aromatic rings. The van der Waals surface area contributed by atoms with Gasteiger partial charge in [-0.3, -0.25) is 4.79 Å². The summed E-state index contributed by atoms with van der Waals surface area (Å²) in [6, 6.07) is 11.9. The third kappa shape index (κ3) is 5.24. The summed E-state index contributed by atoms with van der Waals surface area (Å²) in [5, 5.41) is 5.34. The van der Waals surface area contributed by atoms with Crippen LogP contribution in [0.1, 0.15) is 31.4 Å². The van der Waals surface area contributed by atoms with E-state index in [2.05, 4.69) is 17.6 Å². The Hall–Kier alpha value is -2.50. The van der Waals surface area contributed by atoms with Crippen molar-refractivity contribution >= 4 is 17.3 Å². The molecule has 0 saturated heterocycles. The molecule has 0 bridgehead atoms. The first-order valence-corrected chi connectivity index (χ1v) is 8.14. The molecule has 0 aliphatic carbocycles. The minimum absolute atomic E-state index is 0.244. The molecule has 1 unspecified atom stereocenters. The van der Waals surface area contributed by atoms with Gasteiger partial charge in [-0.25, -0.2) is 0 Å². The second-order valence-corrected chi connectivity index (χ2v) is 5.85. The Kier molecular flexibility index (Phi) is 6.07. The van der Waals surface area contributed by atoms with E-state index < -0.39 is 23.7 Å². The molecule has 1 atom stereocenters. The molecule has 0 radical (unpaired) electrons. The van der Waals surface area contributed by atoms with E-state index >= 15 is 0 Å². The zero-order valence-corrected chi connectivity index (χ0v) is 14.2. The number of amides is 1. The summed E-state index contributed by atoms with van der Waals surface area (Å²) in [5.74, 6) is -0.533. The molecule has 2 aromatic carbocycles. The predicted molar refractivity (Wildman–Crippen MR) is 93.6 cm³/mol. The van der Waals surface area contributed by atoms with Crippen LogP contribution in [-0.2, 0) is 17.4 Å². The Morgan fingerprint density at radius 1 is 1.08 bits per heavy atom. The summed E-state index contributed by atoms with van der Waals surface area (Å²) < 4.78 is 38.9. The highest BCUT2D eigenvalue weighted by molar-refractivity contribution is 5.96. The van der Waals surface area contributed by atoms with Crippen LogP contribution >= 0.6 is 0 Å². The van der Waals surface area contributed by atoms with E-state index in [1.54, 1.807) is 6.92 Å². The first kappa shape index (κ1) is 18.8. The number of carbonyl (C=O) groups excluding carboxylic acids is 1. The minimum atomic E-state index is -4.52. The van der Waals surface area contributed by atoms with E-state index in [4.69, 9.17) is 0 Å². The number of nitrogens with one attached hydrogen (secondary N) is 2. The van der Waals surface area contributed by atoms with Crippen LogP contribution < -0.4 is 10.6 Å². The fourth-order valence-corrected chi connectivity index (χ4v) is 2.45. The van der Waals surface area contributed by atoms with Gasteiger partial charge in [0.2, 0.25) is 5.91 Å². The van der Waals surface area contributed by atoms with E-state index in [0.29, 0.717) is 0 Å². The van der Waals surface area contributed by atoms with Crippen molar-refractivity contribution in [2.45, 2.75) is 38.9 Å². The van der Waals surface area contributed by atoms with Crippen molar-refractivity contribution in [3.05, 3.63) is 59.7 Å². The van der Waals surface area contributed by atoms with E-state index in [-0.39, 0.29) is 5.69 Å². The van der Waals surface area contributed by atoms with Crippen LogP contribution in [0, 0.1) is 0 Å². The Balaban J connectivity index is 2.03. The summed E-state index contributed by atoms with van der Waals surface area (Å²) in [7, 11) is 0. The Morgan fingerprint density at radius 2 is 1.72 bits per heavy atom. The number of anilines is 2. The number of alkyl halides is 3. The van der Waals surface area contributed by atoms with Crippen LogP contribution in [0.2, 0.25) is 0 Å². The topological polar surface area (TPSA) is 41.1 Å². The molecule has 1 amide bonds. The fourth-order valence-electron chi connectivity index (χ4n) is 2.45. The quantitative estimate of drug-likeness (QED) is 0.761. The average Bonchev–Trinajstić information content (AvgIpc) is 2.56. The molecule has 2 N–H and O–H groups in total. The molecule has 2 rings (SSSR count). The SMILES string of the molecule is CCCc1ccc(NC(C)C(=O)Nc2ccccc2C(F)(F)F)cc1. The smallest absolute Gasteiger partial charge is 0.374 e. The van der Waals surface area contributed by atoms with Crippen LogP contribution in [0.4, 0.5) is 24.5 Å². The number of benzene rings is 2. The fraction of sp³-hybridized carbons (Fsp3) is 0.316. The molecular formula is C19H21F3N2O. The molecule has 134 valence electrons. The summed E-state index contributed by atoms with van der Waals surface area (Å²) in [6.07, 6.45) is -2.50. The molecule has 0 saturated carbocycles. The molecule has 0 aliphatic heterocycles. The molecule has 0 fully saturated rings. The maximum Gasteiger partial charge on any atom is 0.418 e. The van der Waals surface area contributed by atoms with Crippen molar-refractivity contribution in [2.24, 2.45) is 0 Å². The minimum Gasteiger partial charge on any atom is -0.374 e. The number of rotatable bonds is 6. The Morgan fingerprint density at radius 3 is 2.32 bits per heavy atom. The van der Waals surface area contributed by atoms with Crippen LogP contribution in [0.25, 0.3) is 0 Å². The van der Waals surface area contributed by atoms with Crippen LogP contribution in [0.3, 0.4) is 0 Å². The highest BCUT2D eigenvalue weighted by Gasteiger charge is 2.33. The summed E-state index contributed by atoms with van der Waals surface area (Å²) in [5.41, 5.74) is 0.835. The molecular weight excluding hydrogens is 329 g/mol. The number of carbonyl (C=O) groups is 1. The normalized spacial score (nSPS) is 12.5. The van der Waals surface area contributed by atoms with Crippen LogP contribution in [0.15, 0.2) is 48.5 Å². The average molecular weight is 350 g/mol. The van der Waals surface area contributed by atoms with Crippen molar-refractivity contribution in [1.82, 2.24) is 0 Å². The van der Waals surface area contributed by atoms with Crippen LogP contribution in [-0.4, -0.2) is 11.9 Å². The van der Waals surface area contributed by atoms with Gasteiger partial charge in [-0.1, -0.05) is 37.6 Å². The lowest BCUT2D eigenvalue weighted by atomic mass is 10.1. The first-order chi connectivity index (χ1) is 11.8. The maximum atomic E-state index is 13.0. The van der Waals surface area contributed by atoms with Gasteiger partial charge >= 0.3 is 6.18 Å². The number of aryl methyl sites for hydroxylation is 1. The van der Waals surface area contributed by atoms with Crippen LogP contribution in [0.5, 0.6) is 0 Å². The van der Waals surface area contributed by atoms with Gasteiger partial charge in [0.25, 0.3) is 0 Å². The van der Waals surface area contributed by atoms with Gasteiger partial charge in [-0.2, -0.15) is 13.2 Å². The third-order valence-corrected chi connectivity index (χ3v) is 3.76. The molecule has 0 aliphatic rings. The predicted octanol–water partition coefficient (Wildman–Crippen LogP) is 5.10. The number of para-hydroxylation sites is 1. The standard InChI is InChI=1S/C19H21F3N2O/c1-3-6-14-9-11-15(12-10-14)23-13(2)18(25)24-17-8-5-4-7-16(17)19(20,21)22/h4-5,7-13,23H,3,6H2,1-2H3,(H,24,25). The summed E-state index contributed by atoms with van der Waals surface area (Å²) >= 11 is 0.